The van der Waals surface area contributed by atoms with Crippen LogP contribution in [0.4, 0.5) is 0 Å². The van der Waals surface area contributed by atoms with E-state index in [1.807, 2.05) is 36.9 Å². The molecule has 0 radical (unpaired) electrons. The normalized spacial score (nSPS) is 16.5. The Kier molecular flexibility index (Phi) is 3.66. The lowest BCUT2D eigenvalue weighted by Crippen LogP contribution is -2.54. The molecule has 2 rings (SSSR count). The predicted molar refractivity (Wildman–Crippen MR) is 69.2 cm³/mol. The fourth-order valence-electron chi connectivity index (χ4n) is 2.30. The zero-order chi connectivity index (χ0) is 13.2. The Morgan fingerprint density at radius 3 is 2.78 bits per heavy atom. The average molecular weight is 248 g/mol. The first-order chi connectivity index (χ1) is 8.54. The lowest BCUT2D eigenvalue weighted by atomic mass is 9.88. The zero-order valence-corrected chi connectivity index (χ0v) is 11.2. The van der Waals surface area contributed by atoms with Crippen LogP contribution in [-0.4, -0.2) is 42.6 Å². The molecule has 1 fully saturated rings. The van der Waals surface area contributed by atoms with Crippen LogP contribution < -0.4 is 0 Å². The third-order valence-electron chi connectivity index (χ3n) is 3.36. The van der Waals surface area contributed by atoms with Crippen LogP contribution in [0.15, 0.2) is 24.4 Å². The van der Waals surface area contributed by atoms with Gasteiger partial charge in [-0.1, -0.05) is 6.07 Å². The van der Waals surface area contributed by atoms with E-state index in [4.69, 9.17) is 4.74 Å². The van der Waals surface area contributed by atoms with Crippen molar-refractivity contribution in [2.24, 2.45) is 5.41 Å². The van der Waals surface area contributed by atoms with Crippen molar-refractivity contribution >= 4 is 5.91 Å². The van der Waals surface area contributed by atoms with Crippen LogP contribution in [0, 0.1) is 5.41 Å². The number of ether oxygens (including phenoxy) is 1. The molecule has 0 spiro atoms. The molecule has 0 atom stereocenters. The molecule has 0 aromatic carbocycles. The van der Waals surface area contributed by atoms with Crippen LogP contribution in [0.5, 0.6) is 0 Å². The van der Waals surface area contributed by atoms with Gasteiger partial charge in [0.2, 0.25) is 5.91 Å². The molecule has 0 N–H and O–H groups in total. The number of methoxy groups -OCH3 is 1. The molecule has 1 saturated heterocycles. The molecule has 98 valence electrons. The van der Waals surface area contributed by atoms with E-state index >= 15 is 0 Å². The molecule has 0 bridgehead atoms. The molecular formula is C14H20N2O2. The highest BCUT2D eigenvalue weighted by molar-refractivity contribution is 5.83. The minimum atomic E-state index is -0.441. The van der Waals surface area contributed by atoms with Gasteiger partial charge in [0.15, 0.2) is 0 Å². The highest BCUT2D eigenvalue weighted by atomic mass is 16.5. The lowest BCUT2D eigenvalue weighted by molar-refractivity contribution is -0.147. The van der Waals surface area contributed by atoms with Gasteiger partial charge in [0.25, 0.3) is 0 Å². The number of nitrogens with zero attached hydrogens (tertiary/aromatic N) is 2. The van der Waals surface area contributed by atoms with E-state index < -0.39 is 5.41 Å². The number of likely N-dealkylation sites (tertiary alicyclic amines) is 1. The summed E-state index contributed by atoms with van der Waals surface area (Å²) < 4.78 is 5.10. The zero-order valence-electron chi connectivity index (χ0n) is 11.2. The van der Waals surface area contributed by atoms with E-state index in [1.54, 1.807) is 13.3 Å². The minimum Gasteiger partial charge on any atom is -0.384 e. The quantitative estimate of drug-likeness (QED) is 0.814. The number of amides is 1. The predicted octanol–water partition coefficient (Wildman–Crippen LogP) is 1.68. The molecule has 1 aromatic rings. The van der Waals surface area contributed by atoms with Gasteiger partial charge in [0.1, 0.15) is 0 Å². The number of pyridine rings is 1. The monoisotopic (exact) mass is 248 g/mol. The van der Waals surface area contributed by atoms with Gasteiger partial charge >= 0.3 is 0 Å². The summed E-state index contributed by atoms with van der Waals surface area (Å²) in [6, 6.07) is 5.92. The van der Waals surface area contributed by atoms with Crippen LogP contribution in [0.3, 0.4) is 0 Å². The molecule has 2 heterocycles. The minimum absolute atomic E-state index is 0.163. The smallest absolute Gasteiger partial charge is 0.230 e. The fraction of sp³-hybridized carbons (Fsp3) is 0.571. The van der Waals surface area contributed by atoms with E-state index in [9.17, 15) is 4.79 Å². The molecular weight excluding hydrogens is 228 g/mol. The fourth-order valence-corrected chi connectivity index (χ4v) is 2.30. The Morgan fingerprint density at radius 1 is 1.50 bits per heavy atom. The van der Waals surface area contributed by atoms with E-state index in [0.29, 0.717) is 12.5 Å². The van der Waals surface area contributed by atoms with Crippen molar-refractivity contribution in [1.82, 2.24) is 9.88 Å². The summed E-state index contributed by atoms with van der Waals surface area (Å²) in [5, 5.41) is 0. The topological polar surface area (TPSA) is 42.4 Å². The van der Waals surface area contributed by atoms with Crippen molar-refractivity contribution in [3.8, 4) is 0 Å². The Balaban J connectivity index is 1.91. The Hall–Kier alpha value is -1.42. The van der Waals surface area contributed by atoms with Crippen LogP contribution in [0.25, 0.3) is 0 Å². The Bertz CT molecular complexity index is 411. The molecule has 4 nitrogen and oxygen atoms in total. The summed E-state index contributed by atoms with van der Waals surface area (Å²) in [7, 11) is 1.63. The summed E-state index contributed by atoms with van der Waals surface area (Å²) in [5.74, 6) is 0.546. The Morgan fingerprint density at radius 2 is 2.22 bits per heavy atom. The van der Waals surface area contributed by atoms with Gasteiger partial charge in [-0.05, 0) is 26.0 Å². The van der Waals surface area contributed by atoms with Gasteiger partial charge in [-0.3, -0.25) is 9.78 Å². The molecule has 1 aromatic heterocycles. The van der Waals surface area contributed by atoms with Crippen molar-refractivity contribution < 1.29 is 9.53 Å². The lowest BCUT2D eigenvalue weighted by Gasteiger charge is -2.42. The van der Waals surface area contributed by atoms with E-state index in [-0.39, 0.29) is 5.91 Å². The van der Waals surface area contributed by atoms with Gasteiger partial charge in [0, 0.05) is 38.0 Å². The second-order valence-corrected chi connectivity index (χ2v) is 5.48. The standard InChI is InChI=1S/C14H20N2O2/c1-14(2,10-18-3)13(17)16-8-11(9-16)12-6-4-5-7-15-12/h4-7,11H,8-10H2,1-3H3. The first kappa shape index (κ1) is 13.0. The second-order valence-electron chi connectivity index (χ2n) is 5.48. The maximum atomic E-state index is 12.2. The van der Waals surface area contributed by atoms with Crippen LogP contribution >= 0.6 is 0 Å². The van der Waals surface area contributed by atoms with Crippen molar-refractivity contribution in [2.75, 3.05) is 26.8 Å². The molecule has 0 aliphatic carbocycles. The summed E-state index contributed by atoms with van der Waals surface area (Å²) >= 11 is 0. The molecule has 1 aliphatic heterocycles. The molecule has 1 amide bonds. The number of rotatable bonds is 4. The first-order valence-electron chi connectivity index (χ1n) is 6.24. The van der Waals surface area contributed by atoms with E-state index in [0.717, 1.165) is 18.8 Å². The molecule has 0 unspecified atom stereocenters. The largest absolute Gasteiger partial charge is 0.384 e. The maximum absolute atomic E-state index is 12.2. The molecule has 1 aliphatic rings. The van der Waals surface area contributed by atoms with Crippen LogP contribution in [0.2, 0.25) is 0 Å². The second kappa shape index (κ2) is 5.06. The van der Waals surface area contributed by atoms with Crippen LogP contribution in [-0.2, 0) is 9.53 Å². The Labute approximate surface area is 108 Å². The summed E-state index contributed by atoms with van der Waals surface area (Å²) in [6.45, 7) is 5.84. The molecule has 0 saturated carbocycles. The van der Waals surface area contributed by atoms with E-state index in [2.05, 4.69) is 4.98 Å². The molecule has 4 heteroatoms. The highest BCUT2D eigenvalue weighted by Crippen LogP contribution is 2.30. The maximum Gasteiger partial charge on any atom is 0.230 e. The number of hydrogen-bond donors (Lipinski definition) is 0. The van der Waals surface area contributed by atoms with E-state index in [1.165, 1.54) is 0 Å². The first-order valence-corrected chi connectivity index (χ1v) is 6.24. The third kappa shape index (κ3) is 2.53. The number of carbonyl (C=O) groups is 1. The van der Waals surface area contributed by atoms with Gasteiger partial charge in [-0.15, -0.1) is 0 Å². The third-order valence-corrected chi connectivity index (χ3v) is 3.36. The molecule has 18 heavy (non-hydrogen) atoms. The van der Waals surface area contributed by atoms with Gasteiger partial charge in [-0.25, -0.2) is 0 Å². The van der Waals surface area contributed by atoms with Crippen molar-refractivity contribution in [2.45, 2.75) is 19.8 Å². The average Bonchev–Trinajstić information content (AvgIpc) is 2.28. The van der Waals surface area contributed by atoms with Gasteiger partial charge in [0.05, 0.1) is 12.0 Å². The van der Waals surface area contributed by atoms with Crippen molar-refractivity contribution in [3.05, 3.63) is 30.1 Å². The van der Waals surface area contributed by atoms with Crippen LogP contribution in [0.1, 0.15) is 25.5 Å². The number of hydrogen-bond acceptors (Lipinski definition) is 3. The summed E-state index contributed by atoms with van der Waals surface area (Å²) in [4.78, 5) is 18.5. The van der Waals surface area contributed by atoms with Crippen molar-refractivity contribution in [1.29, 1.82) is 0 Å². The van der Waals surface area contributed by atoms with Gasteiger partial charge < -0.3 is 9.64 Å². The number of aromatic nitrogens is 1. The SMILES string of the molecule is COCC(C)(C)C(=O)N1CC(c2ccccn2)C1. The highest BCUT2D eigenvalue weighted by Gasteiger charge is 2.39. The number of carbonyl (C=O) groups excluding carboxylic acids is 1. The summed E-state index contributed by atoms with van der Waals surface area (Å²) in [6.07, 6.45) is 1.80. The van der Waals surface area contributed by atoms with Gasteiger partial charge in [-0.2, -0.15) is 0 Å². The van der Waals surface area contributed by atoms with Crippen molar-refractivity contribution in [3.63, 3.8) is 0 Å². The summed E-state index contributed by atoms with van der Waals surface area (Å²) in [5.41, 5.74) is 0.634.